The van der Waals surface area contributed by atoms with E-state index in [2.05, 4.69) is 17.1 Å². The second-order valence-electron chi connectivity index (χ2n) is 6.76. The summed E-state index contributed by atoms with van der Waals surface area (Å²) in [6, 6.07) is 21.4. The molecule has 4 heteroatoms. The highest BCUT2D eigenvalue weighted by Gasteiger charge is 2.28. The van der Waals surface area contributed by atoms with Gasteiger partial charge in [0.1, 0.15) is 0 Å². The van der Waals surface area contributed by atoms with Crippen LogP contribution in [-0.4, -0.2) is 28.9 Å². The molecule has 2 heterocycles. The van der Waals surface area contributed by atoms with E-state index in [1.165, 1.54) is 5.56 Å². The summed E-state index contributed by atoms with van der Waals surface area (Å²) >= 11 is 0. The van der Waals surface area contributed by atoms with Crippen LogP contribution in [0.15, 0.2) is 73.1 Å². The highest BCUT2D eigenvalue weighted by atomic mass is 16.2. The van der Waals surface area contributed by atoms with Gasteiger partial charge in [0.25, 0.3) is 5.91 Å². The molecule has 27 heavy (non-hydrogen) atoms. The molecular weight excluding hydrogens is 334 g/mol. The average molecular weight is 353 g/mol. The minimum absolute atomic E-state index is 0.0162. The summed E-state index contributed by atoms with van der Waals surface area (Å²) in [6.07, 6.45) is 4.57. The van der Waals surface area contributed by atoms with E-state index in [0.717, 1.165) is 24.1 Å². The standard InChI is InChI=1S/C23H19N3O/c24-14-21-13-18(8-9-22(21)17-5-2-1-3-6-17)23(27)26-12-10-20(16-26)19-7-4-11-25-15-19/h1-9,11,13,15,20H,10,12,16H2. The van der Waals surface area contributed by atoms with E-state index in [1.54, 1.807) is 12.3 Å². The highest BCUT2D eigenvalue weighted by Crippen LogP contribution is 2.29. The molecule has 1 amide bonds. The molecule has 3 aromatic rings. The van der Waals surface area contributed by atoms with Gasteiger partial charge in [-0.05, 0) is 41.3 Å². The van der Waals surface area contributed by atoms with Crippen molar-refractivity contribution in [2.75, 3.05) is 13.1 Å². The van der Waals surface area contributed by atoms with Crippen molar-refractivity contribution in [2.45, 2.75) is 12.3 Å². The van der Waals surface area contributed by atoms with Crippen molar-refractivity contribution in [1.29, 1.82) is 5.26 Å². The van der Waals surface area contributed by atoms with Crippen LogP contribution in [0.1, 0.15) is 33.8 Å². The molecule has 0 saturated carbocycles. The third kappa shape index (κ3) is 3.45. The van der Waals surface area contributed by atoms with Gasteiger partial charge in [0, 0.05) is 37.0 Å². The van der Waals surface area contributed by atoms with Crippen molar-refractivity contribution in [2.24, 2.45) is 0 Å². The van der Waals surface area contributed by atoms with E-state index >= 15 is 0 Å². The number of aromatic nitrogens is 1. The molecule has 1 saturated heterocycles. The lowest BCUT2D eigenvalue weighted by atomic mass is 9.98. The van der Waals surface area contributed by atoms with Gasteiger partial charge in [-0.3, -0.25) is 9.78 Å². The van der Waals surface area contributed by atoms with Crippen molar-refractivity contribution in [3.63, 3.8) is 0 Å². The normalized spacial score (nSPS) is 16.1. The quantitative estimate of drug-likeness (QED) is 0.707. The first-order valence-electron chi connectivity index (χ1n) is 9.05. The van der Waals surface area contributed by atoms with Crippen LogP contribution in [0.3, 0.4) is 0 Å². The Morgan fingerprint density at radius 1 is 1.11 bits per heavy atom. The maximum atomic E-state index is 12.9. The molecule has 4 rings (SSSR count). The van der Waals surface area contributed by atoms with Crippen LogP contribution in [0, 0.1) is 11.3 Å². The molecule has 1 unspecified atom stereocenters. The fourth-order valence-electron chi connectivity index (χ4n) is 3.66. The number of nitrogens with zero attached hydrogens (tertiary/aromatic N) is 3. The monoisotopic (exact) mass is 353 g/mol. The zero-order chi connectivity index (χ0) is 18.6. The second kappa shape index (κ2) is 7.43. The lowest BCUT2D eigenvalue weighted by Gasteiger charge is -2.17. The van der Waals surface area contributed by atoms with Crippen molar-refractivity contribution in [3.8, 4) is 17.2 Å². The molecule has 0 radical (unpaired) electrons. The summed E-state index contributed by atoms with van der Waals surface area (Å²) in [4.78, 5) is 19.0. The van der Waals surface area contributed by atoms with Gasteiger partial charge in [0.15, 0.2) is 0 Å². The van der Waals surface area contributed by atoms with Gasteiger partial charge < -0.3 is 4.90 Å². The molecule has 132 valence electrons. The summed E-state index contributed by atoms with van der Waals surface area (Å²) in [7, 11) is 0. The van der Waals surface area contributed by atoms with Crippen LogP contribution in [0.4, 0.5) is 0 Å². The van der Waals surface area contributed by atoms with Crippen molar-refractivity contribution >= 4 is 5.91 Å². The largest absolute Gasteiger partial charge is 0.338 e. The van der Waals surface area contributed by atoms with Gasteiger partial charge in [0.05, 0.1) is 11.6 Å². The fraction of sp³-hybridized carbons (Fsp3) is 0.174. The third-order valence-electron chi connectivity index (χ3n) is 5.10. The van der Waals surface area contributed by atoms with Gasteiger partial charge in [-0.25, -0.2) is 0 Å². The summed E-state index contributed by atoms with van der Waals surface area (Å²) in [5, 5.41) is 9.56. The van der Waals surface area contributed by atoms with Gasteiger partial charge in [0.2, 0.25) is 0 Å². The van der Waals surface area contributed by atoms with Crippen molar-refractivity contribution in [3.05, 3.63) is 89.7 Å². The molecule has 0 N–H and O–H groups in total. The molecule has 0 bridgehead atoms. The molecule has 0 aliphatic carbocycles. The Morgan fingerprint density at radius 2 is 1.96 bits per heavy atom. The predicted octanol–water partition coefficient (Wildman–Crippen LogP) is 4.25. The predicted molar refractivity (Wildman–Crippen MR) is 104 cm³/mol. The van der Waals surface area contributed by atoms with Crippen LogP contribution in [0.2, 0.25) is 0 Å². The number of amides is 1. The first kappa shape index (κ1) is 17.0. The summed E-state index contributed by atoms with van der Waals surface area (Å²) in [6.45, 7) is 1.41. The minimum atomic E-state index is -0.0162. The Morgan fingerprint density at radius 3 is 2.70 bits per heavy atom. The van der Waals surface area contributed by atoms with Crippen molar-refractivity contribution < 1.29 is 4.79 Å². The van der Waals surface area contributed by atoms with Gasteiger partial charge in [-0.15, -0.1) is 0 Å². The van der Waals surface area contributed by atoms with Crippen molar-refractivity contribution in [1.82, 2.24) is 9.88 Å². The minimum Gasteiger partial charge on any atom is -0.338 e. The van der Waals surface area contributed by atoms with Crippen LogP contribution < -0.4 is 0 Å². The number of hydrogen-bond donors (Lipinski definition) is 0. The zero-order valence-corrected chi connectivity index (χ0v) is 14.9. The first-order valence-corrected chi connectivity index (χ1v) is 9.05. The molecule has 1 aromatic heterocycles. The lowest BCUT2D eigenvalue weighted by Crippen LogP contribution is -2.28. The van der Waals surface area contributed by atoms with Gasteiger partial charge >= 0.3 is 0 Å². The number of carbonyl (C=O) groups is 1. The Balaban J connectivity index is 1.55. The van der Waals surface area contributed by atoms with E-state index in [-0.39, 0.29) is 5.91 Å². The molecule has 4 nitrogen and oxygen atoms in total. The average Bonchev–Trinajstić information content (AvgIpc) is 3.24. The summed E-state index contributed by atoms with van der Waals surface area (Å²) in [5.74, 6) is 0.305. The molecular formula is C23H19N3O. The number of carbonyl (C=O) groups excluding carboxylic acids is 1. The van der Waals surface area contributed by atoms with E-state index in [9.17, 15) is 10.1 Å². The highest BCUT2D eigenvalue weighted by molar-refractivity contribution is 5.95. The Labute approximate surface area is 158 Å². The first-order chi connectivity index (χ1) is 13.3. The molecule has 1 aliphatic heterocycles. The number of pyridine rings is 1. The Hall–Kier alpha value is -3.45. The van der Waals surface area contributed by atoms with E-state index in [4.69, 9.17) is 0 Å². The number of likely N-dealkylation sites (tertiary alicyclic amines) is 1. The van der Waals surface area contributed by atoms with E-state index in [0.29, 0.717) is 23.6 Å². The number of hydrogen-bond acceptors (Lipinski definition) is 3. The SMILES string of the molecule is N#Cc1cc(C(=O)N2CCC(c3cccnc3)C2)ccc1-c1ccccc1. The topological polar surface area (TPSA) is 57.0 Å². The van der Waals surface area contributed by atoms with Gasteiger partial charge in [-0.2, -0.15) is 5.26 Å². The lowest BCUT2D eigenvalue weighted by molar-refractivity contribution is 0.0791. The number of rotatable bonds is 3. The maximum Gasteiger partial charge on any atom is 0.253 e. The van der Waals surface area contributed by atoms with E-state index in [1.807, 2.05) is 59.6 Å². The van der Waals surface area contributed by atoms with Crippen LogP contribution in [-0.2, 0) is 0 Å². The molecule has 1 atom stereocenters. The molecule has 2 aromatic carbocycles. The van der Waals surface area contributed by atoms with Gasteiger partial charge in [-0.1, -0.05) is 42.5 Å². The number of benzene rings is 2. The Bertz CT molecular complexity index is 993. The summed E-state index contributed by atoms with van der Waals surface area (Å²) < 4.78 is 0. The molecule has 0 spiro atoms. The number of nitriles is 1. The smallest absolute Gasteiger partial charge is 0.253 e. The maximum absolute atomic E-state index is 12.9. The summed E-state index contributed by atoms with van der Waals surface area (Å²) in [5.41, 5.74) is 4.09. The van der Waals surface area contributed by atoms with Crippen LogP contribution in [0.25, 0.3) is 11.1 Å². The molecule has 1 aliphatic rings. The second-order valence-corrected chi connectivity index (χ2v) is 6.76. The Kier molecular flexibility index (Phi) is 4.67. The molecule has 1 fully saturated rings. The zero-order valence-electron chi connectivity index (χ0n) is 14.9. The van der Waals surface area contributed by atoms with Crippen LogP contribution in [0.5, 0.6) is 0 Å². The van der Waals surface area contributed by atoms with E-state index < -0.39 is 0 Å². The third-order valence-corrected chi connectivity index (χ3v) is 5.10. The van der Waals surface area contributed by atoms with Crippen LogP contribution >= 0.6 is 0 Å². The fourth-order valence-corrected chi connectivity index (χ4v) is 3.66.